The maximum absolute atomic E-state index is 12.2. The molecule has 1 amide bonds. The molecule has 5 nitrogen and oxygen atoms in total. The molecular weight excluding hydrogens is 412 g/mol. The number of nitrogens with one attached hydrogen (secondary N) is 2. The summed E-state index contributed by atoms with van der Waals surface area (Å²) in [5, 5.41) is 10.6. The van der Waals surface area contributed by atoms with Crippen LogP contribution in [0.1, 0.15) is 16.7 Å². The molecule has 0 saturated heterocycles. The Morgan fingerprint density at radius 2 is 1.85 bits per heavy atom. The van der Waals surface area contributed by atoms with Crippen LogP contribution in [0.3, 0.4) is 0 Å². The van der Waals surface area contributed by atoms with E-state index in [4.69, 9.17) is 0 Å². The fraction of sp³-hybridized carbons (Fsp3) is 0.211. The van der Waals surface area contributed by atoms with Gasteiger partial charge in [0, 0.05) is 10.0 Å². The smallest absolute Gasteiger partial charge is 0.234 e. The highest BCUT2D eigenvalue weighted by Crippen LogP contribution is 2.26. The molecule has 2 aromatic carbocycles. The van der Waals surface area contributed by atoms with Gasteiger partial charge < -0.3 is 5.32 Å². The molecule has 1 aromatic heterocycles. The van der Waals surface area contributed by atoms with Crippen molar-refractivity contribution in [1.29, 1.82) is 0 Å². The molecule has 0 saturated carbocycles. The largest absolute Gasteiger partial charge is 0.324 e. The molecule has 26 heavy (non-hydrogen) atoms. The van der Waals surface area contributed by atoms with Crippen LogP contribution in [0.15, 0.2) is 46.0 Å². The van der Waals surface area contributed by atoms with Gasteiger partial charge in [0.1, 0.15) is 0 Å². The van der Waals surface area contributed by atoms with Crippen molar-refractivity contribution >= 4 is 39.3 Å². The Bertz CT molecular complexity index is 937. The van der Waals surface area contributed by atoms with Crippen LogP contribution in [0.5, 0.6) is 0 Å². The van der Waals surface area contributed by atoms with Crippen LogP contribution >= 0.6 is 27.7 Å². The van der Waals surface area contributed by atoms with Gasteiger partial charge in [-0.05, 0) is 60.0 Å². The van der Waals surface area contributed by atoms with Crippen molar-refractivity contribution in [2.45, 2.75) is 25.9 Å². The second-order valence-corrected chi connectivity index (χ2v) is 7.88. The van der Waals surface area contributed by atoms with Gasteiger partial charge in [-0.25, -0.2) is 4.98 Å². The number of aromatic amines is 1. The van der Waals surface area contributed by atoms with Gasteiger partial charge in [-0.1, -0.05) is 41.6 Å². The lowest BCUT2D eigenvalue weighted by Crippen LogP contribution is -2.14. The minimum atomic E-state index is -0.0966. The van der Waals surface area contributed by atoms with Gasteiger partial charge in [0.2, 0.25) is 11.1 Å². The average molecular weight is 431 g/mol. The molecule has 0 unspecified atom stereocenters. The van der Waals surface area contributed by atoms with E-state index < -0.39 is 0 Å². The van der Waals surface area contributed by atoms with Gasteiger partial charge in [-0.3, -0.25) is 9.89 Å². The highest BCUT2D eigenvalue weighted by Gasteiger charge is 2.11. The van der Waals surface area contributed by atoms with Crippen molar-refractivity contribution in [2.75, 3.05) is 11.1 Å². The molecule has 134 valence electrons. The third-order valence-electron chi connectivity index (χ3n) is 3.98. The first kappa shape index (κ1) is 18.7. The van der Waals surface area contributed by atoms with Crippen LogP contribution in [0.4, 0.5) is 5.69 Å². The molecule has 0 aliphatic heterocycles. The Hall–Kier alpha value is -2.12. The summed E-state index contributed by atoms with van der Waals surface area (Å²) in [4.78, 5) is 16.7. The van der Waals surface area contributed by atoms with Crippen LogP contribution in [0, 0.1) is 20.8 Å². The number of anilines is 1. The van der Waals surface area contributed by atoms with Crippen LogP contribution in [-0.2, 0) is 4.79 Å². The predicted octanol–water partition coefficient (Wildman–Crippen LogP) is 4.89. The topological polar surface area (TPSA) is 70.7 Å². The number of amides is 1. The number of thioether (sulfide) groups is 1. The molecular formula is C19H19BrN4OS. The first-order chi connectivity index (χ1) is 12.4. The number of rotatable bonds is 5. The van der Waals surface area contributed by atoms with E-state index in [1.54, 1.807) is 0 Å². The monoisotopic (exact) mass is 430 g/mol. The number of hydrogen-bond donors (Lipinski definition) is 2. The van der Waals surface area contributed by atoms with Crippen molar-refractivity contribution in [1.82, 2.24) is 15.2 Å². The van der Waals surface area contributed by atoms with Crippen molar-refractivity contribution < 1.29 is 4.79 Å². The first-order valence-corrected chi connectivity index (χ1v) is 9.89. The molecule has 0 fully saturated rings. The van der Waals surface area contributed by atoms with E-state index in [1.807, 2.05) is 57.2 Å². The summed E-state index contributed by atoms with van der Waals surface area (Å²) in [6.07, 6.45) is 0. The third-order valence-corrected chi connectivity index (χ3v) is 5.48. The molecule has 2 N–H and O–H groups in total. The molecule has 0 radical (unpaired) electrons. The quantitative estimate of drug-likeness (QED) is 0.565. The minimum absolute atomic E-state index is 0.0966. The summed E-state index contributed by atoms with van der Waals surface area (Å²) in [5.41, 5.74) is 5.24. The molecule has 3 rings (SSSR count). The number of H-pyrrole nitrogens is 1. The highest BCUT2D eigenvalue weighted by atomic mass is 79.9. The summed E-state index contributed by atoms with van der Waals surface area (Å²) < 4.78 is 0.874. The molecule has 0 bridgehead atoms. The van der Waals surface area contributed by atoms with Gasteiger partial charge in [0.25, 0.3) is 0 Å². The fourth-order valence-corrected chi connectivity index (χ4v) is 3.50. The first-order valence-electron chi connectivity index (χ1n) is 8.11. The van der Waals surface area contributed by atoms with Crippen molar-refractivity contribution in [2.24, 2.45) is 0 Å². The average Bonchev–Trinajstić information content (AvgIpc) is 3.07. The number of nitrogens with zero attached hydrogens (tertiary/aromatic N) is 2. The fourth-order valence-electron chi connectivity index (χ4n) is 2.34. The molecule has 0 atom stereocenters. The van der Waals surface area contributed by atoms with E-state index in [1.165, 1.54) is 22.9 Å². The number of carbonyl (C=O) groups excluding carboxylic acids is 1. The Morgan fingerprint density at radius 3 is 2.58 bits per heavy atom. The summed E-state index contributed by atoms with van der Waals surface area (Å²) >= 11 is 4.79. The molecule has 1 heterocycles. The Kier molecular flexibility index (Phi) is 5.78. The van der Waals surface area contributed by atoms with Gasteiger partial charge in [0.15, 0.2) is 5.82 Å². The van der Waals surface area contributed by atoms with Gasteiger partial charge in [0.05, 0.1) is 11.4 Å². The van der Waals surface area contributed by atoms with Gasteiger partial charge in [-0.2, -0.15) is 0 Å². The Morgan fingerprint density at radius 1 is 1.15 bits per heavy atom. The van der Waals surface area contributed by atoms with Crippen LogP contribution < -0.4 is 5.32 Å². The summed E-state index contributed by atoms with van der Waals surface area (Å²) in [6.45, 7) is 6.10. The van der Waals surface area contributed by atoms with Crippen LogP contribution in [0.25, 0.3) is 11.4 Å². The van der Waals surface area contributed by atoms with Crippen LogP contribution in [0.2, 0.25) is 0 Å². The van der Waals surface area contributed by atoms with E-state index in [0.29, 0.717) is 11.0 Å². The zero-order chi connectivity index (χ0) is 18.7. The van der Waals surface area contributed by atoms with Crippen molar-refractivity contribution in [3.05, 3.63) is 57.6 Å². The van der Waals surface area contributed by atoms with E-state index >= 15 is 0 Å². The van der Waals surface area contributed by atoms with E-state index in [9.17, 15) is 4.79 Å². The van der Waals surface area contributed by atoms with E-state index in [-0.39, 0.29) is 11.7 Å². The summed E-state index contributed by atoms with van der Waals surface area (Å²) in [6, 6.07) is 12.0. The van der Waals surface area contributed by atoms with Crippen molar-refractivity contribution in [3.63, 3.8) is 0 Å². The number of carbonyl (C=O) groups is 1. The van der Waals surface area contributed by atoms with Gasteiger partial charge in [-0.15, -0.1) is 5.10 Å². The SMILES string of the molecule is Cc1ccc(-c2nc(SCC(=O)Nc3cc(C)c(C)cc3Br)n[nH]2)cc1. The number of benzene rings is 2. The maximum atomic E-state index is 12.2. The standard InChI is InChI=1S/C19H19BrN4OS/c1-11-4-6-14(7-5-11)18-22-19(24-23-18)26-10-17(25)21-16-9-13(3)12(2)8-15(16)20/h4-9H,10H2,1-3H3,(H,21,25)(H,22,23,24). The lowest BCUT2D eigenvalue weighted by molar-refractivity contribution is -0.113. The van der Waals surface area contributed by atoms with E-state index in [0.717, 1.165) is 21.3 Å². The maximum Gasteiger partial charge on any atom is 0.234 e. The van der Waals surface area contributed by atoms with Crippen molar-refractivity contribution in [3.8, 4) is 11.4 Å². The predicted molar refractivity (Wildman–Crippen MR) is 110 cm³/mol. The number of aromatic nitrogens is 3. The Balaban J connectivity index is 1.60. The second-order valence-electron chi connectivity index (χ2n) is 6.09. The Labute approximate surface area is 165 Å². The minimum Gasteiger partial charge on any atom is -0.324 e. The molecule has 0 aliphatic rings. The summed E-state index contributed by atoms with van der Waals surface area (Å²) in [5.74, 6) is 0.843. The zero-order valence-corrected chi connectivity index (χ0v) is 17.2. The number of hydrogen-bond acceptors (Lipinski definition) is 4. The summed E-state index contributed by atoms with van der Waals surface area (Å²) in [7, 11) is 0. The molecule has 7 heteroatoms. The molecule has 3 aromatic rings. The van der Waals surface area contributed by atoms with Crippen LogP contribution in [-0.4, -0.2) is 26.8 Å². The third kappa shape index (κ3) is 4.53. The second kappa shape index (κ2) is 8.05. The normalized spacial score (nSPS) is 10.8. The highest BCUT2D eigenvalue weighted by molar-refractivity contribution is 9.10. The van der Waals surface area contributed by atoms with Gasteiger partial charge >= 0.3 is 0 Å². The lowest BCUT2D eigenvalue weighted by Gasteiger charge is -2.09. The zero-order valence-electron chi connectivity index (χ0n) is 14.8. The molecule has 0 aliphatic carbocycles. The van der Waals surface area contributed by atoms with E-state index in [2.05, 4.69) is 36.4 Å². The lowest BCUT2D eigenvalue weighted by atomic mass is 10.1. The number of halogens is 1. The number of aryl methyl sites for hydroxylation is 3. The molecule has 0 spiro atoms.